The van der Waals surface area contributed by atoms with Crippen LogP contribution < -0.4 is 10.1 Å². The van der Waals surface area contributed by atoms with E-state index in [2.05, 4.69) is 15.0 Å². The molecule has 0 saturated carbocycles. The number of alkyl halides is 3. The number of hydrogen-bond donors (Lipinski definition) is 1. The molecule has 2 aromatic carbocycles. The highest BCUT2D eigenvalue weighted by molar-refractivity contribution is 6.30. The van der Waals surface area contributed by atoms with Crippen LogP contribution in [0.2, 0.25) is 5.02 Å². The zero-order valence-electron chi connectivity index (χ0n) is 17.4. The molecule has 1 heterocycles. The molecule has 0 atom stereocenters. The van der Waals surface area contributed by atoms with Gasteiger partial charge in [-0.1, -0.05) is 29.8 Å². The van der Waals surface area contributed by atoms with Crippen molar-refractivity contribution in [2.45, 2.75) is 32.8 Å². The first kappa shape index (κ1) is 23.4. The van der Waals surface area contributed by atoms with E-state index in [0.717, 1.165) is 29.0 Å². The van der Waals surface area contributed by atoms with Crippen molar-refractivity contribution in [3.05, 3.63) is 77.4 Å². The maximum absolute atomic E-state index is 12.8. The van der Waals surface area contributed by atoms with E-state index in [0.29, 0.717) is 17.3 Å². The van der Waals surface area contributed by atoms with Crippen molar-refractivity contribution in [1.29, 1.82) is 0 Å². The van der Waals surface area contributed by atoms with E-state index in [-0.39, 0.29) is 17.8 Å². The summed E-state index contributed by atoms with van der Waals surface area (Å²) in [5.41, 5.74) is 2.91. The maximum Gasteiger partial charge on any atom is 0.573 e. The molecule has 0 aliphatic rings. The van der Waals surface area contributed by atoms with Gasteiger partial charge in [0, 0.05) is 30.0 Å². The molecule has 1 aromatic heterocycles. The summed E-state index contributed by atoms with van der Waals surface area (Å²) >= 11 is 5.90. The fourth-order valence-electron chi connectivity index (χ4n) is 3.00. The summed E-state index contributed by atoms with van der Waals surface area (Å²) in [6, 6.07) is 15.7. The van der Waals surface area contributed by atoms with Crippen LogP contribution in [-0.2, 0) is 6.54 Å². The number of carbonyl (C=O) groups is 1. The van der Waals surface area contributed by atoms with Crippen molar-refractivity contribution in [1.82, 2.24) is 9.88 Å². The molecule has 0 aliphatic heterocycles. The highest BCUT2D eigenvalue weighted by Gasteiger charge is 2.31. The lowest BCUT2D eigenvalue weighted by molar-refractivity contribution is -0.274. The van der Waals surface area contributed by atoms with Crippen molar-refractivity contribution >= 4 is 23.3 Å². The van der Waals surface area contributed by atoms with Gasteiger partial charge in [0.2, 0.25) is 0 Å². The Balaban J connectivity index is 1.71. The second-order valence-corrected chi connectivity index (χ2v) is 7.72. The predicted octanol–water partition coefficient (Wildman–Crippen LogP) is 6.74. The molecule has 0 aliphatic carbocycles. The van der Waals surface area contributed by atoms with Gasteiger partial charge in [-0.05, 0) is 61.9 Å². The topological polar surface area (TPSA) is 54.5 Å². The summed E-state index contributed by atoms with van der Waals surface area (Å²) in [5, 5.41) is 3.26. The van der Waals surface area contributed by atoms with E-state index in [1.807, 2.05) is 44.2 Å². The van der Waals surface area contributed by atoms with Crippen molar-refractivity contribution in [3.8, 4) is 17.0 Å². The van der Waals surface area contributed by atoms with Crippen LogP contribution in [0.25, 0.3) is 11.3 Å². The number of amides is 2. The smallest absolute Gasteiger partial charge is 0.406 e. The average molecular weight is 464 g/mol. The zero-order valence-corrected chi connectivity index (χ0v) is 18.1. The van der Waals surface area contributed by atoms with E-state index in [4.69, 9.17) is 11.6 Å². The van der Waals surface area contributed by atoms with Crippen LogP contribution in [0.4, 0.5) is 23.7 Å². The van der Waals surface area contributed by atoms with E-state index in [9.17, 15) is 18.0 Å². The molecule has 0 spiro atoms. The Labute approximate surface area is 188 Å². The van der Waals surface area contributed by atoms with Crippen LogP contribution in [0.15, 0.2) is 66.9 Å². The Kier molecular flexibility index (Phi) is 7.25. The normalized spacial score (nSPS) is 11.3. The van der Waals surface area contributed by atoms with Gasteiger partial charge in [0.05, 0.1) is 10.7 Å². The maximum atomic E-state index is 12.8. The first-order valence-electron chi connectivity index (χ1n) is 9.75. The van der Waals surface area contributed by atoms with Gasteiger partial charge in [-0.25, -0.2) is 4.79 Å². The molecular formula is C23H21ClF3N3O2. The SMILES string of the molecule is CC(C)N(Cc1cccc(-c2ccc(Cl)cn2)c1)C(=O)Nc1ccc(OC(F)(F)F)cc1. The molecule has 3 rings (SSSR count). The Hall–Kier alpha value is -3.26. The summed E-state index contributed by atoms with van der Waals surface area (Å²) in [7, 11) is 0. The molecule has 168 valence electrons. The summed E-state index contributed by atoms with van der Waals surface area (Å²) in [5.74, 6) is -0.358. The van der Waals surface area contributed by atoms with Gasteiger partial charge in [-0.15, -0.1) is 13.2 Å². The fraction of sp³-hybridized carbons (Fsp3) is 0.217. The molecule has 5 nitrogen and oxygen atoms in total. The van der Waals surface area contributed by atoms with Crippen molar-refractivity contribution in [2.75, 3.05) is 5.32 Å². The van der Waals surface area contributed by atoms with Gasteiger partial charge < -0.3 is 15.0 Å². The Morgan fingerprint density at radius 3 is 2.44 bits per heavy atom. The predicted molar refractivity (Wildman–Crippen MR) is 118 cm³/mol. The summed E-state index contributed by atoms with van der Waals surface area (Å²) in [4.78, 5) is 18.8. The van der Waals surface area contributed by atoms with Gasteiger partial charge in [0.1, 0.15) is 5.75 Å². The number of anilines is 1. The number of pyridine rings is 1. The third kappa shape index (κ3) is 6.62. The Morgan fingerprint density at radius 1 is 1.12 bits per heavy atom. The van der Waals surface area contributed by atoms with Gasteiger partial charge in [-0.3, -0.25) is 4.98 Å². The number of aromatic nitrogens is 1. The van der Waals surface area contributed by atoms with Crippen LogP contribution in [-0.4, -0.2) is 28.3 Å². The van der Waals surface area contributed by atoms with E-state index in [1.54, 1.807) is 17.2 Å². The molecule has 0 unspecified atom stereocenters. The van der Waals surface area contributed by atoms with E-state index < -0.39 is 6.36 Å². The van der Waals surface area contributed by atoms with Crippen LogP contribution in [0.1, 0.15) is 19.4 Å². The van der Waals surface area contributed by atoms with Gasteiger partial charge in [0.25, 0.3) is 0 Å². The molecule has 0 bridgehead atoms. The average Bonchev–Trinajstić information content (AvgIpc) is 2.73. The molecule has 3 aromatic rings. The number of nitrogens with one attached hydrogen (secondary N) is 1. The molecular weight excluding hydrogens is 443 g/mol. The molecule has 0 fully saturated rings. The number of rotatable bonds is 6. The molecule has 2 amide bonds. The number of hydrogen-bond acceptors (Lipinski definition) is 3. The van der Waals surface area contributed by atoms with Crippen LogP contribution >= 0.6 is 11.6 Å². The van der Waals surface area contributed by atoms with Crippen LogP contribution in [0, 0.1) is 0 Å². The lowest BCUT2D eigenvalue weighted by Gasteiger charge is -2.27. The quantitative estimate of drug-likeness (QED) is 0.440. The molecule has 0 radical (unpaired) electrons. The summed E-state index contributed by atoms with van der Waals surface area (Å²) in [6.45, 7) is 4.09. The van der Waals surface area contributed by atoms with Crippen molar-refractivity contribution in [2.24, 2.45) is 0 Å². The Bertz CT molecular complexity index is 1060. The molecule has 0 saturated heterocycles. The number of urea groups is 1. The molecule has 9 heteroatoms. The lowest BCUT2D eigenvalue weighted by atomic mass is 10.1. The lowest BCUT2D eigenvalue weighted by Crippen LogP contribution is -2.39. The molecule has 32 heavy (non-hydrogen) atoms. The highest BCUT2D eigenvalue weighted by Crippen LogP contribution is 2.25. The number of carbonyl (C=O) groups excluding carboxylic acids is 1. The second kappa shape index (κ2) is 9.91. The van der Waals surface area contributed by atoms with Crippen LogP contribution in [0.3, 0.4) is 0 Å². The number of benzene rings is 2. The van der Waals surface area contributed by atoms with Gasteiger partial charge in [0.15, 0.2) is 0 Å². The standard InChI is InChI=1S/C23H21ClF3N3O2/c1-15(2)30(22(31)29-19-7-9-20(10-8-19)32-23(25,26)27)14-16-4-3-5-17(12-16)21-11-6-18(24)13-28-21/h3-13,15H,14H2,1-2H3,(H,29,31). The third-order valence-corrected chi connectivity index (χ3v) is 4.75. The minimum absolute atomic E-state index is 0.125. The van der Waals surface area contributed by atoms with Gasteiger partial charge in [-0.2, -0.15) is 0 Å². The van der Waals surface area contributed by atoms with E-state index in [1.165, 1.54) is 12.1 Å². The van der Waals surface area contributed by atoms with Crippen LogP contribution in [0.5, 0.6) is 5.75 Å². The van der Waals surface area contributed by atoms with E-state index >= 15 is 0 Å². The van der Waals surface area contributed by atoms with Gasteiger partial charge >= 0.3 is 12.4 Å². The number of halogens is 4. The highest BCUT2D eigenvalue weighted by atomic mass is 35.5. The first-order chi connectivity index (χ1) is 15.1. The fourth-order valence-corrected chi connectivity index (χ4v) is 3.11. The largest absolute Gasteiger partial charge is 0.573 e. The van der Waals surface area contributed by atoms with Crippen molar-refractivity contribution in [3.63, 3.8) is 0 Å². The minimum atomic E-state index is -4.77. The summed E-state index contributed by atoms with van der Waals surface area (Å²) < 4.78 is 40.7. The zero-order chi connectivity index (χ0) is 23.3. The first-order valence-corrected chi connectivity index (χ1v) is 10.1. The third-order valence-electron chi connectivity index (χ3n) is 4.53. The number of nitrogens with zero attached hydrogens (tertiary/aromatic N) is 2. The Morgan fingerprint density at radius 2 is 1.84 bits per heavy atom. The minimum Gasteiger partial charge on any atom is -0.406 e. The molecule has 1 N–H and O–H groups in total. The van der Waals surface area contributed by atoms with Crippen molar-refractivity contribution < 1.29 is 22.7 Å². The number of ether oxygens (including phenoxy) is 1. The summed E-state index contributed by atoms with van der Waals surface area (Å²) in [6.07, 6.45) is -3.20. The monoisotopic (exact) mass is 463 g/mol. The second-order valence-electron chi connectivity index (χ2n) is 7.29.